The van der Waals surface area contributed by atoms with Gasteiger partial charge in [-0.2, -0.15) is 13.2 Å². The first-order valence-electron chi connectivity index (χ1n) is 11.6. The molecule has 3 heterocycles. The van der Waals surface area contributed by atoms with Crippen molar-refractivity contribution in [2.45, 2.75) is 38.4 Å². The maximum atomic E-state index is 13.6. The fraction of sp³-hybridized carbons (Fsp3) is 0.280. The number of rotatable bonds is 8. The molecule has 37 heavy (non-hydrogen) atoms. The third-order valence-electron chi connectivity index (χ3n) is 5.75. The number of carbonyl (C=O) groups is 1. The number of halogens is 4. The van der Waals surface area contributed by atoms with Crippen molar-refractivity contribution in [3.8, 4) is 22.9 Å². The molecule has 3 aromatic heterocycles. The molecule has 0 unspecified atom stereocenters. The summed E-state index contributed by atoms with van der Waals surface area (Å²) in [6, 6.07) is 8.00. The highest BCUT2D eigenvalue weighted by Gasteiger charge is 2.27. The molecule has 2 N–H and O–H groups in total. The van der Waals surface area contributed by atoms with Gasteiger partial charge in [-0.3, -0.25) is 9.78 Å². The number of benzene rings is 1. The van der Waals surface area contributed by atoms with Crippen LogP contribution < -0.4 is 15.4 Å². The highest BCUT2D eigenvalue weighted by molar-refractivity contribution is 5.96. The minimum Gasteiger partial charge on any atom is -0.436 e. The lowest BCUT2D eigenvalue weighted by Crippen LogP contribution is -2.26. The van der Waals surface area contributed by atoms with E-state index in [1.165, 1.54) is 23.0 Å². The Hall–Kier alpha value is -4.22. The molecule has 0 radical (unpaired) electrons. The normalized spacial score (nSPS) is 13.5. The van der Waals surface area contributed by atoms with Gasteiger partial charge in [-0.25, -0.2) is 13.9 Å². The monoisotopic (exact) mass is 514 g/mol. The fourth-order valence-corrected chi connectivity index (χ4v) is 3.80. The van der Waals surface area contributed by atoms with Crippen molar-refractivity contribution in [3.63, 3.8) is 0 Å². The predicted octanol–water partition coefficient (Wildman–Crippen LogP) is 5.29. The molecule has 1 aromatic carbocycles. The quantitative estimate of drug-likeness (QED) is 0.311. The maximum absolute atomic E-state index is 13.6. The summed E-state index contributed by atoms with van der Waals surface area (Å²) >= 11 is 0. The first-order valence-corrected chi connectivity index (χ1v) is 11.6. The Labute approximate surface area is 208 Å². The second kappa shape index (κ2) is 9.68. The number of aromatic nitrogens is 4. The number of carbonyl (C=O) groups excluding carboxylic acids is 1. The number of nitrogens with zero attached hydrogens (tertiary/aromatic N) is 4. The summed E-state index contributed by atoms with van der Waals surface area (Å²) in [5, 5.41) is 10.1. The Morgan fingerprint density at radius 3 is 2.68 bits per heavy atom. The molecule has 0 bridgehead atoms. The molecule has 1 aliphatic carbocycles. The summed E-state index contributed by atoms with van der Waals surface area (Å²) in [6.07, 6.45) is 0.395. The zero-order valence-corrected chi connectivity index (χ0v) is 19.6. The topological polar surface area (TPSA) is 93.4 Å². The van der Waals surface area contributed by atoms with E-state index >= 15 is 0 Å². The summed E-state index contributed by atoms with van der Waals surface area (Å²) < 4.78 is 58.9. The smallest absolute Gasteiger partial charge is 0.390 e. The molecule has 1 amide bonds. The van der Waals surface area contributed by atoms with Gasteiger partial charge in [0.2, 0.25) is 5.88 Å². The summed E-state index contributed by atoms with van der Waals surface area (Å²) in [5.41, 5.74) is 3.03. The molecule has 192 valence electrons. The number of amides is 1. The predicted molar refractivity (Wildman–Crippen MR) is 127 cm³/mol. The second-order valence-electron chi connectivity index (χ2n) is 8.79. The lowest BCUT2D eigenvalue weighted by Gasteiger charge is -2.13. The first-order chi connectivity index (χ1) is 17.7. The van der Waals surface area contributed by atoms with Crippen LogP contribution in [0.3, 0.4) is 0 Å². The van der Waals surface area contributed by atoms with Crippen molar-refractivity contribution in [1.29, 1.82) is 0 Å². The van der Waals surface area contributed by atoms with Crippen molar-refractivity contribution >= 4 is 17.2 Å². The number of nitrogens with one attached hydrogen (secondary N) is 2. The van der Waals surface area contributed by atoms with Gasteiger partial charge in [0, 0.05) is 35.8 Å². The average Bonchev–Trinajstić information content (AvgIpc) is 3.53. The molecule has 1 saturated carbocycles. The van der Waals surface area contributed by atoms with E-state index in [9.17, 15) is 22.4 Å². The molecular weight excluding hydrogens is 492 g/mol. The Morgan fingerprint density at radius 2 is 1.97 bits per heavy atom. The number of pyridine rings is 1. The number of aryl methyl sites for hydroxylation is 1. The standard InChI is InChI=1S/C25H22F4N6O2/c1-14-8-15(2-5-19(14)24(36)33-17-3-4-17)21-13-32-23-20(31-7-6-25(27,28)29)10-22(34-35(21)23)37-18-9-16(26)11-30-12-18/h2,5,8-13,17,31H,3-4,6-7H2,1H3,(H,33,36). The van der Waals surface area contributed by atoms with E-state index in [-0.39, 0.29) is 34.9 Å². The third-order valence-corrected chi connectivity index (χ3v) is 5.75. The molecule has 1 aliphatic rings. The van der Waals surface area contributed by atoms with Gasteiger partial charge in [0.15, 0.2) is 11.4 Å². The van der Waals surface area contributed by atoms with Crippen LogP contribution in [-0.2, 0) is 0 Å². The number of hydrogen-bond acceptors (Lipinski definition) is 6. The zero-order valence-electron chi connectivity index (χ0n) is 19.6. The van der Waals surface area contributed by atoms with Gasteiger partial charge in [-0.1, -0.05) is 6.07 Å². The highest BCUT2D eigenvalue weighted by atomic mass is 19.4. The van der Waals surface area contributed by atoms with Crippen LogP contribution >= 0.6 is 0 Å². The lowest BCUT2D eigenvalue weighted by atomic mass is 10.0. The molecule has 12 heteroatoms. The Bertz CT molecular complexity index is 1470. The van der Waals surface area contributed by atoms with Crippen LogP contribution in [0.1, 0.15) is 35.2 Å². The molecule has 5 rings (SSSR count). The van der Waals surface area contributed by atoms with Gasteiger partial charge >= 0.3 is 6.18 Å². The van der Waals surface area contributed by atoms with Gasteiger partial charge < -0.3 is 15.4 Å². The minimum absolute atomic E-state index is 0.00851. The average molecular weight is 514 g/mol. The van der Waals surface area contributed by atoms with E-state index in [1.807, 2.05) is 13.0 Å². The van der Waals surface area contributed by atoms with Crippen LogP contribution in [0.2, 0.25) is 0 Å². The van der Waals surface area contributed by atoms with E-state index in [0.29, 0.717) is 16.8 Å². The minimum atomic E-state index is -4.34. The lowest BCUT2D eigenvalue weighted by molar-refractivity contribution is -0.131. The van der Waals surface area contributed by atoms with Crippen LogP contribution in [-0.4, -0.2) is 44.3 Å². The molecule has 8 nitrogen and oxygen atoms in total. The van der Waals surface area contributed by atoms with Crippen molar-refractivity contribution in [3.05, 3.63) is 65.9 Å². The number of imidazole rings is 1. The molecule has 0 aliphatic heterocycles. The number of alkyl halides is 3. The number of hydrogen-bond donors (Lipinski definition) is 2. The Kier molecular flexibility index (Phi) is 6.40. The number of anilines is 1. The molecule has 0 atom stereocenters. The van der Waals surface area contributed by atoms with Crippen molar-refractivity contribution in [2.24, 2.45) is 0 Å². The summed E-state index contributed by atoms with van der Waals surface area (Å²) in [5.74, 6) is -0.701. The van der Waals surface area contributed by atoms with E-state index in [2.05, 4.69) is 25.7 Å². The summed E-state index contributed by atoms with van der Waals surface area (Å²) in [7, 11) is 0. The van der Waals surface area contributed by atoms with Crippen LogP contribution in [0, 0.1) is 12.7 Å². The Morgan fingerprint density at radius 1 is 1.16 bits per heavy atom. The van der Waals surface area contributed by atoms with Crippen molar-refractivity contribution in [2.75, 3.05) is 11.9 Å². The van der Waals surface area contributed by atoms with E-state index in [0.717, 1.165) is 30.7 Å². The highest BCUT2D eigenvalue weighted by Crippen LogP contribution is 2.30. The number of fused-ring (bicyclic) bond motifs is 1. The van der Waals surface area contributed by atoms with Gasteiger partial charge in [-0.05, 0) is 37.5 Å². The van der Waals surface area contributed by atoms with Crippen LogP contribution in [0.25, 0.3) is 16.9 Å². The van der Waals surface area contributed by atoms with Crippen molar-refractivity contribution < 1.29 is 27.1 Å². The molecule has 0 saturated heterocycles. The van der Waals surface area contributed by atoms with Crippen molar-refractivity contribution in [1.82, 2.24) is 24.9 Å². The SMILES string of the molecule is Cc1cc(-c2cnc3c(NCCC(F)(F)F)cc(Oc4cncc(F)c4)nn23)ccc1C(=O)NC1CC1. The number of ether oxygens (including phenoxy) is 1. The largest absolute Gasteiger partial charge is 0.436 e. The van der Waals surface area contributed by atoms with Gasteiger partial charge in [0.25, 0.3) is 5.91 Å². The van der Waals surface area contributed by atoms with Gasteiger partial charge in [-0.15, -0.1) is 5.10 Å². The summed E-state index contributed by atoms with van der Waals surface area (Å²) in [4.78, 5) is 20.6. The maximum Gasteiger partial charge on any atom is 0.390 e. The molecule has 0 spiro atoms. The first kappa shape index (κ1) is 24.5. The van der Waals surface area contributed by atoms with Crippen LogP contribution in [0.15, 0.2) is 48.9 Å². The van der Waals surface area contributed by atoms with Gasteiger partial charge in [0.05, 0.1) is 36.4 Å². The Balaban J connectivity index is 1.51. The fourth-order valence-electron chi connectivity index (χ4n) is 3.80. The molecular formula is C25H22F4N6O2. The molecule has 1 fully saturated rings. The second-order valence-corrected chi connectivity index (χ2v) is 8.79. The third kappa shape index (κ3) is 5.79. The van der Waals surface area contributed by atoms with Crippen LogP contribution in [0.5, 0.6) is 11.6 Å². The van der Waals surface area contributed by atoms with E-state index in [1.54, 1.807) is 12.1 Å². The van der Waals surface area contributed by atoms with Crippen LogP contribution in [0.4, 0.5) is 23.2 Å². The van der Waals surface area contributed by atoms with E-state index < -0.39 is 25.0 Å². The van der Waals surface area contributed by atoms with Gasteiger partial charge in [0.1, 0.15) is 5.82 Å². The molecule has 4 aromatic rings. The zero-order chi connectivity index (χ0) is 26.2. The van der Waals surface area contributed by atoms with E-state index in [4.69, 9.17) is 4.74 Å². The summed E-state index contributed by atoms with van der Waals surface area (Å²) in [6.45, 7) is 1.42.